The Morgan fingerprint density at radius 1 is 1.18 bits per heavy atom. The molecule has 1 N–H and O–H groups in total. The zero-order valence-electron chi connectivity index (χ0n) is 12.9. The highest BCUT2D eigenvalue weighted by Crippen LogP contribution is 2.19. The van der Waals surface area contributed by atoms with Gasteiger partial charge in [-0.25, -0.2) is 9.59 Å². The van der Waals surface area contributed by atoms with Gasteiger partial charge in [0.2, 0.25) is 0 Å². The number of urea groups is 1. The molecule has 22 heavy (non-hydrogen) atoms. The number of ether oxygens (including phenoxy) is 1. The predicted octanol–water partition coefficient (Wildman–Crippen LogP) is 2.71. The highest BCUT2D eigenvalue weighted by Gasteiger charge is 2.22. The fourth-order valence-corrected chi connectivity index (χ4v) is 2.80. The monoisotopic (exact) mass is 323 g/mol. The Bertz CT molecular complexity index is 539. The lowest BCUT2D eigenvalue weighted by atomic mass is 10.3. The van der Waals surface area contributed by atoms with Crippen molar-refractivity contribution in [2.75, 3.05) is 44.9 Å². The van der Waals surface area contributed by atoms with E-state index in [0.29, 0.717) is 26.2 Å². The van der Waals surface area contributed by atoms with Gasteiger partial charge >= 0.3 is 12.1 Å². The molecule has 1 aliphatic rings. The number of nitrogens with one attached hydrogen (secondary N) is 1. The van der Waals surface area contributed by atoms with Gasteiger partial charge in [-0.1, -0.05) is 6.07 Å². The minimum Gasteiger partial charge on any atom is -0.453 e. The van der Waals surface area contributed by atoms with Crippen molar-refractivity contribution in [3.8, 4) is 0 Å². The molecule has 0 bridgehead atoms. The molecule has 6 nitrogen and oxygen atoms in total. The number of thioether (sulfide) groups is 1. The van der Waals surface area contributed by atoms with Crippen LogP contribution in [0.5, 0.6) is 0 Å². The van der Waals surface area contributed by atoms with E-state index in [4.69, 9.17) is 4.74 Å². The van der Waals surface area contributed by atoms with E-state index in [2.05, 4.69) is 5.32 Å². The van der Waals surface area contributed by atoms with E-state index in [1.807, 2.05) is 30.5 Å². The second kappa shape index (κ2) is 7.93. The van der Waals surface area contributed by atoms with Crippen LogP contribution in [-0.4, -0.2) is 61.5 Å². The summed E-state index contributed by atoms with van der Waals surface area (Å²) in [4.78, 5) is 28.3. The third kappa shape index (κ3) is 4.30. The zero-order valence-corrected chi connectivity index (χ0v) is 13.7. The Morgan fingerprint density at radius 3 is 2.64 bits per heavy atom. The van der Waals surface area contributed by atoms with E-state index in [-0.39, 0.29) is 12.1 Å². The quantitative estimate of drug-likeness (QED) is 0.850. The SMILES string of the molecule is COC(=O)N1CCCN(C(=O)Nc2cccc(SC)c2)CC1. The first-order valence-corrected chi connectivity index (χ1v) is 8.39. The summed E-state index contributed by atoms with van der Waals surface area (Å²) in [6.45, 7) is 2.23. The molecule has 7 heteroatoms. The van der Waals surface area contributed by atoms with Crippen molar-refractivity contribution in [1.82, 2.24) is 9.80 Å². The Kier molecular flexibility index (Phi) is 5.94. The van der Waals surface area contributed by atoms with Crippen LogP contribution < -0.4 is 5.32 Å². The van der Waals surface area contributed by atoms with Gasteiger partial charge < -0.3 is 19.9 Å². The van der Waals surface area contributed by atoms with Crippen molar-refractivity contribution in [3.63, 3.8) is 0 Å². The molecule has 0 unspecified atom stereocenters. The molecule has 0 aliphatic carbocycles. The maximum absolute atomic E-state index is 12.3. The van der Waals surface area contributed by atoms with Crippen molar-refractivity contribution in [3.05, 3.63) is 24.3 Å². The summed E-state index contributed by atoms with van der Waals surface area (Å²) < 4.78 is 4.73. The first-order valence-electron chi connectivity index (χ1n) is 7.17. The van der Waals surface area contributed by atoms with Crippen molar-refractivity contribution in [2.45, 2.75) is 11.3 Å². The zero-order chi connectivity index (χ0) is 15.9. The van der Waals surface area contributed by atoms with E-state index >= 15 is 0 Å². The van der Waals surface area contributed by atoms with Crippen LogP contribution in [0, 0.1) is 0 Å². The summed E-state index contributed by atoms with van der Waals surface area (Å²) in [7, 11) is 1.37. The molecule has 1 fully saturated rings. The Hall–Kier alpha value is -1.89. The molecule has 1 saturated heterocycles. The summed E-state index contributed by atoms with van der Waals surface area (Å²) in [5.41, 5.74) is 0.783. The molecule has 0 spiro atoms. The van der Waals surface area contributed by atoms with E-state index in [9.17, 15) is 9.59 Å². The molecule has 0 saturated carbocycles. The van der Waals surface area contributed by atoms with Crippen LogP contribution in [-0.2, 0) is 4.74 Å². The van der Waals surface area contributed by atoms with Gasteiger partial charge in [0.25, 0.3) is 0 Å². The maximum Gasteiger partial charge on any atom is 0.409 e. The smallest absolute Gasteiger partial charge is 0.409 e. The Morgan fingerprint density at radius 2 is 1.91 bits per heavy atom. The molecule has 1 aromatic rings. The van der Waals surface area contributed by atoms with Gasteiger partial charge in [-0.15, -0.1) is 11.8 Å². The second-order valence-corrected chi connectivity index (χ2v) is 5.84. The van der Waals surface area contributed by atoms with Crippen LogP contribution in [0.15, 0.2) is 29.2 Å². The third-order valence-corrected chi connectivity index (χ3v) is 4.26. The average molecular weight is 323 g/mol. The molecule has 1 aromatic carbocycles. The molecule has 0 aromatic heterocycles. The number of methoxy groups -OCH3 is 1. The number of amides is 3. The van der Waals surface area contributed by atoms with E-state index in [0.717, 1.165) is 17.0 Å². The topological polar surface area (TPSA) is 61.9 Å². The molecule has 0 radical (unpaired) electrons. The fourth-order valence-electron chi connectivity index (χ4n) is 2.34. The molecule has 1 aliphatic heterocycles. The van der Waals surface area contributed by atoms with Gasteiger partial charge in [0, 0.05) is 36.8 Å². The van der Waals surface area contributed by atoms with Crippen LogP contribution in [0.3, 0.4) is 0 Å². The van der Waals surface area contributed by atoms with E-state index < -0.39 is 0 Å². The lowest BCUT2D eigenvalue weighted by molar-refractivity contribution is 0.125. The highest BCUT2D eigenvalue weighted by atomic mass is 32.2. The van der Waals surface area contributed by atoms with Crippen LogP contribution in [0.1, 0.15) is 6.42 Å². The lowest BCUT2D eigenvalue weighted by Gasteiger charge is -2.21. The van der Waals surface area contributed by atoms with Crippen molar-refractivity contribution >= 4 is 29.6 Å². The summed E-state index contributed by atoms with van der Waals surface area (Å²) in [6.07, 6.45) is 2.40. The Balaban J connectivity index is 1.93. The minimum absolute atomic E-state index is 0.134. The largest absolute Gasteiger partial charge is 0.453 e. The van der Waals surface area contributed by atoms with Gasteiger partial charge in [0.15, 0.2) is 0 Å². The summed E-state index contributed by atoms with van der Waals surface area (Å²) >= 11 is 1.63. The highest BCUT2D eigenvalue weighted by molar-refractivity contribution is 7.98. The number of benzene rings is 1. The summed E-state index contributed by atoms with van der Waals surface area (Å²) in [6, 6.07) is 7.60. The molecular weight excluding hydrogens is 302 g/mol. The lowest BCUT2D eigenvalue weighted by Crippen LogP contribution is -2.39. The van der Waals surface area contributed by atoms with Gasteiger partial charge in [0.05, 0.1) is 7.11 Å². The minimum atomic E-state index is -0.338. The van der Waals surface area contributed by atoms with Crippen LogP contribution in [0.25, 0.3) is 0 Å². The standard InChI is InChI=1S/C15H21N3O3S/c1-21-15(20)18-8-4-7-17(9-10-18)14(19)16-12-5-3-6-13(11-12)22-2/h3,5-6,11H,4,7-10H2,1-2H3,(H,16,19). The van der Waals surface area contributed by atoms with Gasteiger partial charge in [-0.2, -0.15) is 0 Å². The number of carbonyl (C=O) groups excluding carboxylic acids is 2. The average Bonchev–Trinajstić information content (AvgIpc) is 2.80. The van der Waals surface area contributed by atoms with Crippen molar-refractivity contribution in [2.24, 2.45) is 0 Å². The first kappa shape index (κ1) is 16.5. The van der Waals surface area contributed by atoms with E-state index in [1.165, 1.54) is 7.11 Å². The normalized spacial score (nSPS) is 15.2. The number of carbonyl (C=O) groups is 2. The van der Waals surface area contributed by atoms with E-state index in [1.54, 1.807) is 21.6 Å². The number of rotatable bonds is 2. The van der Waals surface area contributed by atoms with Gasteiger partial charge in [-0.3, -0.25) is 0 Å². The molecular formula is C15H21N3O3S. The predicted molar refractivity (Wildman–Crippen MR) is 87.4 cm³/mol. The molecule has 2 rings (SSSR count). The Labute approximate surface area is 134 Å². The maximum atomic E-state index is 12.3. The van der Waals surface area contributed by atoms with Gasteiger partial charge in [0.1, 0.15) is 0 Å². The molecule has 1 heterocycles. The molecule has 3 amide bonds. The summed E-state index contributed by atoms with van der Waals surface area (Å²) in [5, 5.41) is 2.91. The fraction of sp³-hybridized carbons (Fsp3) is 0.467. The number of nitrogens with zero attached hydrogens (tertiary/aromatic N) is 2. The second-order valence-electron chi connectivity index (χ2n) is 4.96. The van der Waals surface area contributed by atoms with Crippen LogP contribution in [0.4, 0.5) is 15.3 Å². The van der Waals surface area contributed by atoms with Crippen molar-refractivity contribution in [1.29, 1.82) is 0 Å². The number of hydrogen-bond acceptors (Lipinski definition) is 4. The molecule has 120 valence electrons. The summed E-state index contributed by atoms with van der Waals surface area (Å²) in [5.74, 6) is 0. The third-order valence-electron chi connectivity index (χ3n) is 3.54. The molecule has 0 atom stereocenters. The van der Waals surface area contributed by atoms with Gasteiger partial charge in [-0.05, 0) is 30.9 Å². The number of hydrogen-bond donors (Lipinski definition) is 1. The van der Waals surface area contributed by atoms with Crippen LogP contribution in [0.2, 0.25) is 0 Å². The van der Waals surface area contributed by atoms with Crippen molar-refractivity contribution < 1.29 is 14.3 Å². The van der Waals surface area contributed by atoms with Crippen LogP contribution >= 0.6 is 11.8 Å². The number of anilines is 1. The first-order chi connectivity index (χ1) is 10.6.